The summed E-state index contributed by atoms with van der Waals surface area (Å²) in [7, 11) is 2.11. The Morgan fingerprint density at radius 3 is 2.36 bits per heavy atom. The first-order chi connectivity index (χ1) is 21.1. The van der Waals surface area contributed by atoms with Gasteiger partial charge in [-0.1, -0.05) is 59.6 Å². The second kappa shape index (κ2) is 13.8. The van der Waals surface area contributed by atoms with Crippen molar-refractivity contribution >= 4 is 52.3 Å². The van der Waals surface area contributed by atoms with Crippen LogP contribution in [0.3, 0.4) is 0 Å². The third-order valence-electron chi connectivity index (χ3n) is 8.93. The number of carbonyl (C=O) groups is 2. The molecule has 6 rings (SSSR count). The first-order valence-corrected chi connectivity index (χ1v) is 15.9. The van der Waals surface area contributed by atoms with E-state index in [1.54, 1.807) is 0 Å². The van der Waals surface area contributed by atoms with Gasteiger partial charge in [-0.05, 0) is 90.2 Å². The highest BCUT2D eigenvalue weighted by atomic mass is 35.5. The molecule has 0 radical (unpaired) electrons. The van der Waals surface area contributed by atoms with E-state index in [2.05, 4.69) is 47.0 Å². The molecule has 3 aromatic rings. The number of nitrogens with two attached hydrogens (primary N) is 1. The number of benzene rings is 3. The van der Waals surface area contributed by atoms with Crippen molar-refractivity contribution < 1.29 is 9.59 Å². The van der Waals surface area contributed by atoms with Crippen LogP contribution in [0.15, 0.2) is 73.4 Å². The van der Waals surface area contributed by atoms with Crippen LogP contribution in [0.25, 0.3) is 0 Å². The van der Waals surface area contributed by atoms with E-state index in [1.807, 2.05) is 53.4 Å². The Kier molecular flexibility index (Phi) is 10.1. The summed E-state index contributed by atoms with van der Waals surface area (Å²) < 4.78 is 0. The molecule has 3 aliphatic heterocycles. The Balaban J connectivity index is 0.00000123. The molecule has 0 bridgehead atoms. The van der Waals surface area contributed by atoms with Crippen LogP contribution >= 0.6 is 34.8 Å². The van der Waals surface area contributed by atoms with Crippen LogP contribution in [0.1, 0.15) is 35.1 Å². The van der Waals surface area contributed by atoms with Crippen molar-refractivity contribution in [3.05, 3.63) is 111 Å². The molecule has 0 unspecified atom stereocenters. The Hall–Kier alpha value is -3.23. The minimum atomic E-state index is -0.687. The van der Waals surface area contributed by atoms with E-state index >= 15 is 0 Å². The average molecular weight is 655 g/mol. The van der Waals surface area contributed by atoms with Gasteiger partial charge in [0.05, 0.1) is 6.04 Å². The predicted molar refractivity (Wildman–Crippen MR) is 179 cm³/mol. The summed E-state index contributed by atoms with van der Waals surface area (Å²) in [5, 5.41) is 8.45. The van der Waals surface area contributed by atoms with Crippen LogP contribution in [-0.2, 0) is 34.4 Å². The van der Waals surface area contributed by atoms with E-state index in [4.69, 9.17) is 34.8 Å². The molecule has 0 aromatic heterocycles. The number of likely N-dealkylation sites (N-methyl/N-ethyl adjacent to an activating group) is 1. The maximum absolute atomic E-state index is 14.0. The summed E-state index contributed by atoms with van der Waals surface area (Å²) in [4.78, 5) is 31.7. The molecule has 10 heteroatoms. The molecule has 0 aliphatic carbocycles. The van der Waals surface area contributed by atoms with Gasteiger partial charge >= 0.3 is 0 Å². The van der Waals surface area contributed by atoms with Crippen LogP contribution in [0.4, 0.5) is 5.69 Å². The van der Waals surface area contributed by atoms with Gasteiger partial charge in [-0.25, -0.2) is 0 Å². The SMILES string of the molecule is C=CN.CN1CC2(CCN(C(=O)[C@@H](Cc3ccc(Cl)cc3)NC(=O)[C@@H]3Cc4cc(Cl)ccc4CN3)CC2)c2cc(Cl)ccc21. The molecule has 7 nitrogen and oxygen atoms in total. The standard InChI is InChI=1S/C32H33Cl3N4O2.C2H5N/c1-38-19-32(26-17-25(35)8-9-29(26)38)10-12-39(13-11-32)31(41)28(14-20-2-5-23(33)6-3-20)37-30(40)27-16-22-15-24(34)7-4-21(22)18-36-27;1-2-3/h2-9,15,17,27-28,36H,10-14,16,18-19H2,1H3,(H,37,40);2H,1,3H2/t27-,28+;/m0./s1. The average Bonchev–Trinajstić information content (AvgIpc) is 3.27. The molecule has 2 amide bonds. The highest BCUT2D eigenvalue weighted by molar-refractivity contribution is 6.31. The number of anilines is 1. The topological polar surface area (TPSA) is 90.7 Å². The van der Waals surface area contributed by atoms with Gasteiger partial charge in [0, 0.05) is 65.8 Å². The maximum Gasteiger partial charge on any atom is 0.245 e. The summed E-state index contributed by atoms with van der Waals surface area (Å²) in [6, 6.07) is 18.2. The first kappa shape index (κ1) is 32.2. The summed E-state index contributed by atoms with van der Waals surface area (Å²) >= 11 is 18.7. The molecule has 3 heterocycles. The van der Waals surface area contributed by atoms with E-state index in [9.17, 15) is 9.59 Å². The van der Waals surface area contributed by atoms with Crippen molar-refractivity contribution in [1.29, 1.82) is 0 Å². The lowest BCUT2D eigenvalue weighted by atomic mass is 9.74. The van der Waals surface area contributed by atoms with Gasteiger partial charge in [0.25, 0.3) is 0 Å². The number of hydrogen-bond donors (Lipinski definition) is 3. The Morgan fingerprint density at radius 1 is 1.02 bits per heavy atom. The monoisotopic (exact) mass is 653 g/mol. The zero-order chi connectivity index (χ0) is 31.4. The second-order valence-corrected chi connectivity index (χ2v) is 13.1. The lowest BCUT2D eigenvalue weighted by Gasteiger charge is -2.41. The van der Waals surface area contributed by atoms with Crippen molar-refractivity contribution in [3.8, 4) is 0 Å². The summed E-state index contributed by atoms with van der Waals surface area (Å²) in [6.45, 7) is 5.88. The van der Waals surface area contributed by atoms with E-state index in [0.717, 1.165) is 41.1 Å². The number of halogens is 3. The lowest BCUT2D eigenvalue weighted by Crippen LogP contribution is -2.57. The molecule has 44 heavy (non-hydrogen) atoms. The van der Waals surface area contributed by atoms with Gasteiger partial charge in [-0.15, -0.1) is 0 Å². The van der Waals surface area contributed by atoms with Gasteiger partial charge in [0.2, 0.25) is 11.8 Å². The largest absolute Gasteiger partial charge is 0.405 e. The third-order valence-corrected chi connectivity index (χ3v) is 9.65. The maximum atomic E-state index is 14.0. The quantitative estimate of drug-likeness (QED) is 0.339. The Morgan fingerprint density at radius 2 is 1.66 bits per heavy atom. The molecule has 3 aliphatic rings. The Labute approximate surface area is 274 Å². The van der Waals surface area contributed by atoms with Crippen molar-refractivity contribution in [2.75, 3.05) is 31.6 Å². The fourth-order valence-corrected chi connectivity index (χ4v) is 7.18. The number of nitrogens with one attached hydrogen (secondary N) is 2. The third kappa shape index (κ3) is 7.02. The fraction of sp³-hybridized carbons (Fsp3) is 0.353. The highest BCUT2D eigenvalue weighted by Crippen LogP contribution is 2.47. The van der Waals surface area contributed by atoms with Crippen molar-refractivity contribution in [1.82, 2.24) is 15.5 Å². The summed E-state index contributed by atoms with van der Waals surface area (Å²) in [6.07, 6.45) is 3.85. The predicted octanol–water partition coefficient (Wildman–Crippen LogP) is 5.49. The highest BCUT2D eigenvalue weighted by Gasteiger charge is 2.45. The molecule has 4 N–H and O–H groups in total. The van der Waals surface area contributed by atoms with E-state index in [1.165, 1.54) is 17.5 Å². The van der Waals surface area contributed by atoms with Gasteiger partial charge in [0.1, 0.15) is 6.04 Å². The van der Waals surface area contributed by atoms with Crippen LogP contribution < -0.4 is 21.3 Å². The normalized spacial score (nSPS) is 18.9. The number of fused-ring (bicyclic) bond motifs is 3. The number of hydrogen-bond acceptors (Lipinski definition) is 5. The van der Waals surface area contributed by atoms with Gasteiger partial charge < -0.3 is 26.2 Å². The van der Waals surface area contributed by atoms with Gasteiger partial charge in [0.15, 0.2) is 0 Å². The number of nitrogens with zero attached hydrogens (tertiary/aromatic N) is 2. The van der Waals surface area contributed by atoms with Crippen LogP contribution in [0.5, 0.6) is 0 Å². The van der Waals surface area contributed by atoms with Gasteiger partial charge in [-0.2, -0.15) is 0 Å². The number of piperidine rings is 1. The van der Waals surface area contributed by atoms with Crippen LogP contribution in [-0.4, -0.2) is 55.5 Å². The molecule has 1 fully saturated rings. The van der Waals surface area contributed by atoms with Crippen LogP contribution in [0.2, 0.25) is 15.1 Å². The first-order valence-electron chi connectivity index (χ1n) is 14.8. The minimum absolute atomic E-state index is 0.0264. The summed E-state index contributed by atoms with van der Waals surface area (Å²) in [5.41, 5.74) is 10.2. The number of amides is 2. The number of rotatable bonds is 5. The number of likely N-dealkylation sites (tertiary alicyclic amines) is 1. The molecule has 232 valence electrons. The van der Waals surface area contributed by atoms with Crippen molar-refractivity contribution in [2.45, 2.75) is 49.7 Å². The van der Waals surface area contributed by atoms with Crippen molar-refractivity contribution in [3.63, 3.8) is 0 Å². The lowest BCUT2D eigenvalue weighted by molar-refractivity contribution is -0.138. The second-order valence-electron chi connectivity index (χ2n) is 11.8. The number of carbonyl (C=O) groups excluding carboxylic acids is 2. The Bertz CT molecular complexity index is 1520. The molecule has 1 spiro atoms. The van der Waals surface area contributed by atoms with Crippen molar-refractivity contribution in [2.24, 2.45) is 5.73 Å². The molecule has 2 atom stereocenters. The molecular formula is C34H38Cl3N5O2. The van der Waals surface area contributed by atoms with E-state index in [-0.39, 0.29) is 17.2 Å². The molecule has 1 saturated heterocycles. The van der Waals surface area contributed by atoms with E-state index in [0.29, 0.717) is 42.5 Å². The zero-order valence-corrected chi connectivity index (χ0v) is 27.1. The molecule has 3 aromatic carbocycles. The van der Waals surface area contributed by atoms with E-state index < -0.39 is 12.1 Å². The zero-order valence-electron chi connectivity index (χ0n) is 24.8. The fourth-order valence-electron chi connectivity index (χ4n) is 6.69. The molecular weight excluding hydrogens is 617 g/mol. The van der Waals surface area contributed by atoms with Gasteiger partial charge in [-0.3, -0.25) is 9.59 Å². The minimum Gasteiger partial charge on any atom is -0.405 e. The van der Waals surface area contributed by atoms with Crippen LogP contribution in [0, 0.1) is 0 Å². The molecule has 0 saturated carbocycles. The smallest absolute Gasteiger partial charge is 0.245 e. The summed E-state index contributed by atoms with van der Waals surface area (Å²) in [5.74, 6) is -0.238.